The third-order valence-electron chi connectivity index (χ3n) is 3.35. The first-order valence-electron chi connectivity index (χ1n) is 5.96. The van der Waals surface area contributed by atoms with E-state index in [-0.39, 0.29) is 11.6 Å². The van der Waals surface area contributed by atoms with Gasteiger partial charge in [0.2, 0.25) is 0 Å². The molecule has 0 saturated heterocycles. The molecule has 2 aromatic rings. The van der Waals surface area contributed by atoms with Gasteiger partial charge in [0.05, 0.1) is 0 Å². The van der Waals surface area contributed by atoms with Crippen molar-refractivity contribution in [2.45, 2.75) is 0 Å². The van der Waals surface area contributed by atoms with Gasteiger partial charge in [0.15, 0.2) is 11.6 Å². The minimum absolute atomic E-state index is 0.199. The molecule has 0 radical (unpaired) electrons. The molecule has 0 bridgehead atoms. The first-order chi connectivity index (χ1) is 9.65. The maximum absolute atomic E-state index is 12.4. The number of benzene rings is 2. The van der Waals surface area contributed by atoms with Crippen LogP contribution in [0.5, 0.6) is 0 Å². The van der Waals surface area contributed by atoms with E-state index in [0.717, 1.165) is 0 Å². The summed E-state index contributed by atoms with van der Waals surface area (Å²) in [6.45, 7) is 0. The summed E-state index contributed by atoms with van der Waals surface area (Å²) >= 11 is 0. The molecule has 0 atom stereocenters. The summed E-state index contributed by atoms with van der Waals surface area (Å²) in [4.78, 5) is 24.9. The number of hydrogen-bond donors (Lipinski definition) is 0. The van der Waals surface area contributed by atoms with Gasteiger partial charge in [-0.15, -0.1) is 12.8 Å². The zero-order chi connectivity index (χ0) is 14.3. The van der Waals surface area contributed by atoms with Gasteiger partial charge in [-0.3, -0.25) is 9.59 Å². The van der Waals surface area contributed by atoms with Gasteiger partial charge in [0, 0.05) is 33.4 Å². The van der Waals surface area contributed by atoms with E-state index in [9.17, 15) is 9.59 Å². The molecular weight excluding hydrogens is 248 g/mol. The summed E-state index contributed by atoms with van der Waals surface area (Å²) in [5, 5.41) is 0. The predicted octanol–water partition coefficient (Wildman–Crippen LogP) is 2.42. The molecule has 0 fully saturated rings. The van der Waals surface area contributed by atoms with Gasteiger partial charge in [-0.05, 0) is 36.4 Å². The van der Waals surface area contributed by atoms with Crippen LogP contribution >= 0.6 is 0 Å². The summed E-state index contributed by atoms with van der Waals surface area (Å²) in [5.74, 6) is 4.53. The molecule has 3 rings (SSSR count). The predicted molar refractivity (Wildman–Crippen MR) is 75.6 cm³/mol. The minimum atomic E-state index is -0.199. The Morgan fingerprint density at radius 1 is 0.650 bits per heavy atom. The zero-order valence-corrected chi connectivity index (χ0v) is 10.4. The molecule has 0 aromatic heterocycles. The quantitative estimate of drug-likeness (QED) is 0.579. The molecule has 20 heavy (non-hydrogen) atoms. The third kappa shape index (κ3) is 1.56. The second-order valence-electron chi connectivity index (χ2n) is 4.47. The summed E-state index contributed by atoms with van der Waals surface area (Å²) in [5.41, 5.74) is 2.60. The lowest BCUT2D eigenvalue weighted by atomic mass is 9.83. The van der Waals surface area contributed by atoms with Crippen LogP contribution in [-0.4, -0.2) is 11.6 Å². The smallest absolute Gasteiger partial charge is 0.194 e. The average Bonchev–Trinajstić information content (AvgIpc) is 2.51. The lowest BCUT2D eigenvalue weighted by Crippen LogP contribution is -2.21. The number of ketones is 2. The molecule has 0 heterocycles. The molecule has 0 spiro atoms. The van der Waals surface area contributed by atoms with Crippen molar-refractivity contribution in [3.63, 3.8) is 0 Å². The van der Waals surface area contributed by atoms with Crippen molar-refractivity contribution in [1.29, 1.82) is 0 Å². The Morgan fingerprint density at radius 3 is 1.40 bits per heavy atom. The minimum Gasteiger partial charge on any atom is -0.289 e. The Balaban J connectivity index is 2.28. The van der Waals surface area contributed by atoms with Crippen LogP contribution in [0.4, 0.5) is 0 Å². The van der Waals surface area contributed by atoms with Crippen LogP contribution in [0, 0.1) is 24.7 Å². The lowest BCUT2D eigenvalue weighted by molar-refractivity contribution is 0.0979. The van der Waals surface area contributed by atoms with E-state index >= 15 is 0 Å². The second-order valence-corrected chi connectivity index (χ2v) is 4.47. The first-order valence-corrected chi connectivity index (χ1v) is 5.96. The van der Waals surface area contributed by atoms with Crippen molar-refractivity contribution in [3.8, 4) is 24.7 Å². The fourth-order valence-electron chi connectivity index (χ4n) is 2.33. The third-order valence-corrected chi connectivity index (χ3v) is 3.35. The monoisotopic (exact) mass is 256 g/mol. The number of terminal acetylenes is 2. The number of carbonyl (C=O) groups is 2. The average molecular weight is 256 g/mol. The molecule has 0 unspecified atom stereocenters. The number of carbonyl (C=O) groups excluding carboxylic acids is 2. The number of fused-ring (bicyclic) bond motifs is 2. The zero-order valence-electron chi connectivity index (χ0n) is 10.4. The largest absolute Gasteiger partial charge is 0.289 e. The fraction of sp³-hybridized carbons (Fsp3) is 0. The second kappa shape index (κ2) is 4.23. The van der Waals surface area contributed by atoms with Crippen molar-refractivity contribution in [3.05, 3.63) is 69.8 Å². The molecular formula is C18H8O2. The van der Waals surface area contributed by atoms with Gasteiger partial charge in [-0.2, -0.15) is 0 Å². The highest BCUT2D eigenvalue weighted by Gasteiger charge is 2.29. The van der Waals surface area contributed by atoms with Crippen molar-refractivity contribution in [2.24, 2.45) is 0 Å². The van der Waals surface area contributed by atoms with Crippen LogP contribution in [0.25, 0.3) is 0 Å². The van der Waals surface area contributed by atoms with Gasteiger partial charge < -0.3 is 0 Å². The molecule has 0 aliphatic heterocycles. The van der Waals surface area contributed by atoms with Crippen molar-refractivity contribution < 1.29 is 9.59 Å². The summed E-state index contributed by atoms with van der Waals surface area (Å²) in [6, 6.07) is 9.65. The first kappa shape index (κ1) is 12.0. The van der Waals surface area contributed by atoms with E-state index in [1.807, 2.05) is 0 Å². The van der Waals surface area contributed by atoms with E-state index < -0.39 is 0 Å². The Hall–Kier alpha value is -3.10. The molecule has 92 valence electrons. The molecule has 2 heteroatoms. The lowest BCUT2D eigenvalue weighted by Gasteiger charge is -2.17. The Bertz CT molecular complexity index is 784. The Kier molecular flexibility index (Phi) is 2.53. The van der Waals surface area contributed by atoms with E-state index in [2.05, 4.69) is 11.8 Å². The molecule has 2 aromatic carbocycles. The van der Waals surface area contributed by atoms with Gasteiger partial charge in [0.25, 0.3) is 0 Å². The fourth-order valence-corrected chi connectivity index (χ4v) is 2.33. The summed E-state index contributed by atoms with van der Waals surface area (Å²) in [6.07, 6.45) is 10.7. The summed E-state index contributed by atoms with van der Waals surface area (Å²) < 4.78 is 0. The van der Waals surface area contributed by atoms with Crippen LogP contribution in [0.2, 0.25) is 0 Å². The highest BCUT2D eigenvalue weighted by atomic mass is 16.1. The van der Waals surface area contributed by atoms with E-state index in [0.29, 0.717) is 33.4 Å². The van der Waals surface area contributed by atoms with Crippen molar-refractivity contribution in [2.75, 3.05) is 0 Å². The van der Waals surface area contributed by atoms with Crippen LogP contribution < -0.4 is 0 Å². The maximum atomic E-state index is 12.4. The van der Waals surface area contributed by atoms with E-state index in [1.165, 1.54) is 0 Å². The molecule has 0 saturated carbocycles. The van der Waals surface area contributed by atoms with Gasteiger partial charge >= 0.3 is 0 Å². The van der Waals surface area contributed by atoms with E-state index in [1.54, 1.807) is 36.4 Å². The van der Waals surface area contributed by atoms with E-state index in [4.69, 9.17) is 12.8 Å². The van der Waals surface area contributed by atoms with Crippen LogP contribution in [0.3, 0.4) is 0 Å². The molecule has 2 nitrogen and oxygen atoms in total. The van der Waals surface area contributed by atoms with Crippen molar-refractivity contribution in [1.82, 2.24) is 0 Å². The Labute approximate surface area is 116 Å². The maximum Gasteiger partial charge on any atom is 0.194 e. The Morgan fingerprint density at radius 2 is 1.05 bits per heavy atom. The van der Waals surface area contributed by atoms with Gasteiger partial charge in [0.1, 0.15) is 0 Å². The van der Waals surface area contributed by atoms with Crippen LogP contribution in [-0.2, 0) is 0 Å². The topological polar surface area (TPSA) is 34.1 Å². The molecule has 0 amide bonds. The molecule has 0 N–H and O–H groups in total. The van der Waals surface area contributed by atoms with Gasteiger partial charge in [-0.25, -0.2) is 0 Å². The van der Waals surface area contributed by atoms with Crippen LogP contribution in [0.15, 0.2) is 36.4 Å². The number of hydrogen-bond acceptors (Lipinski definition) is 2. The number of rotatable bonds is 0. The highest BCUT2D eigenvalue weighted by Crippen LogP contribution is 2.28. The normalized spacial score (nSPS) is 12.1. The standard InChI is InChI=1S/C18H8O2/c1-3-11-5-7-13-15(9-11)17(19)14-8-6-12(4-2)10-16(14)18(13)20/h1-2,5-10H. The SMILES string of the molecule is C#Cc1ccc2c(c1)C(=O)c1ccc(C#C)cc1C2=O. The highest BCUT2D eigenvalue weighted by molar-refractivity contribution is 6.28. The molecule has 1 aliphatic carbocycles. The van der Waals surface area contributed by atoms with Crippen LogP contribution in [0.1, 0.15) is 43.0 Å². The van der Waals surface area contributed by atoms with Crippen molar-refractivity contribution >= 4 is 11.6 Å². The summed E-state index contributed by atoms with van der Waals surface area (Å²) in [7, 11) is 0. The molecule has 1 aliphatic rings. The van der Waals surface area contributed by atoms with Gasteiger partial charge in [-0.1, -0.05) is 11.8 Å².